The highest BCUT2D eigenvalue weighted by Gasteiger charge is 2.17. The van der Waals surface area contributed by atoms with Crippen LogP contribution in [0.3, 0.4) is 0 Å². The van der Waals surface area contributed by atoms with Gasteiger partial charge in [0.2, 0.25) is 0 Å². The zero-order valence-corrected chi connectivity index (χ0v) is 11.2. The van der Waals surface area contributed by atoms with Crippen molar-refractivity contribution in [2.45, 2.75) is 45.1 Å². The number of hydrogen-bond donors (Lipinski definition) is 1. The number of hydrogen-bond acceptors (Lipinski definition) is 5. The Labute approximate surface area is 102 Å². The molecule has 17 heavy (non-hydrogen) atoms. The van der Waals surface area contributed by atoms with E-state index in [9.17, 15) is 13.5 Å². The lowest BCUT2D eigenvalue weighted by Gasteiger charge is -2.06. The van der Waals surface area contributed by atoms with Crippen molar-refractivity contribution in [1.29, 1.82) is 0 Å². The van der Waals surface area contributed by atoms with E-state index in [-0.39, 0.29) is 17.5 Å². The summed E-state index contributed by atoms with van der Waals surface area (Å²) in [6.07, 6.45) is 1.51. The summed E-state index contributed by atoms with van der Waals surface area (Å²) in [6, 6.07) is 0. The van der Waals surface area contributed by atoms with Gasteiger partial charge in [0.05, 0.1) is 29.8 Å². The summed E-state index contributed by atoms with van der Waals surface area (Å²) in [7, 11) is -3.06. The normalized spacial score (nSPS) is 14.2. The largest absolute Gasteiger partial charge is 0.387 e. The molecule has 1 rings (SSSR count). The fraction of sp³-hybridized carbons (Fsp3) is 0.800. The first-order valence-electron chi connectivity index (χ1n) is 5.66. The molecule has 0 spiro atoms. The first kappa shape index (κ1) is 14.1. The predicted octanol–water partition coefficient (Wildman–Crippen LogP) is 0.545. The van der Waals surface area contributed by atoms with E-state index in [1.165, 1.54) is 4.68 Å². The van der Waals surface area contributed by atoms with Crippen LogP contribution in [0.2, 0.25) is 0 Å². The van der Waals surface area contributed by atoms with E-state index in [1.54, 1.807) is 20.0 Å². The van der Waals surface area contributed by atoms with Crippen LogP contribution in [0.4, 0.5) is 0 Å². The fourth-order valence-electron chi connectivity index (χ4n) is 1.24. The second kappa shape index (κ2) is 5.59. The van der Waals surface area contributed by atoms with Gasteiger partial charge in [-0.05, 0) is 20.3 Å². The Morgan fingerprint density at radius 3 is 2.65 bits per heavy atom. The highest BCUT2D eigenvalue weighted by molar-refractivity contribution is 7.91. The van der Waals surface area contributed by atoms with Crippen LogP contribution in [0, 0.1) is 0 Å². The summed E-state index contributed by atoms with van der Waals surface area (Å²) in [5, 5.41) is 16.7. The van der Waals surface area contributed by atoms with Crippen LogP contribution in [0.5, 0.6) is 0 Å². The van der Waals surface area contributed by atoms with E-state index >= 15 is 0 Å². The third-order valence-corrected chi connectivity index (χ3v) is 4.80. The van der Waals surface area contributed by atoms with Crippen molar-refractivity contribution in [2.24, 2.45) is 0 Å². The van der Waals surface area contributed by atoms with E-state index in [0.29, 0.717) is 12.1 Å². The van der Waals surface area contributed by atoms with Crippen LogP contribution in [0.15, 0.2) is 6.20 Å². The zero-order chi connectivity index (χ0) is 13.1. The van der Waals surface area contributed by atoms with Gasteiger partial charge >= 0.3 is 0 Å². The van der Waals surface area contributed by atoms with Crippen LogP contribution in [0.25, 0.3) is 0 Å². The number of aliphatic hydroxyl groups is 1. The molecule has 1 N–H and O–H groups in total. The molecule has 1 aromatic rings. The van der Waals surface area contributed by atoms with E-state index in [4.69, 9.17) is 0 Å². The standard InChI is InChI=1S/C10H19N3O3S/c1-4-10(14)9-7-13(12-11-9)5-6-17(15,16)8(2)3/h7-8,10,14H,4-6H2,1-3H3. The van der Waals surface area contributed by atoms with Crippen LogP contribution in [-0.2, 0) is 16.4 Å². The Kier molecular flexibility index (Phi) is 4.64. The Morgan fingerprint density at radius 1 is 1.47 bits per heavy atom. The third kappa shape index (κ3) is 3.78. The molecular formula is C10H19N3O3S. The highest BCUT2D eigenvalue weighted by atomic mass is 32.2. The van der Waals surface area contributed by atoms with Gasteiger partial charge in [0.1, 0.15) is 5.69 Å². The smallest absolute Gasteiger partial charge is 0.154 e. The fourth-order valence-corrected chi connectivity index (χ4v) is 2.15. The maximum Gasteiger partial charge on any atom is 0.154 e. The lowest BCUT2D eigenvalue weighted by Crippen LogP contribution is -2.21. The van der Waals surface area contributed by atoms with Crippen molar-refractivity contribution in [3.05, 3.63) is 11.9 Å². The lowest BCUT2D eigenvalue weighted by atomic mass is 10.2. The number of rotatable bonds is 6. The molecule has 0 saturated heterocycles. The van der Waals surface area contributed by atoms with Crippen molar-refractivity contribution in [3.63, 3.8) is 0 Å². The van der Waals surface area contributed by atoms with Crippen molar-refractivity contribution < 1.29 is 13.5 Å². The Morgan fingerprint density at radius 2 is 2.12 bits per heavy atom. The minimum Gasteiger partial charge on any atom is -0.387 e. The second-order valence-corrected chi connectivity index (χ2v) is 6.92. The highest BCUT2D eigenvalue weighted by Crippen LogP contribution is 2.12. The number of sulfone groups is 1. The van der Waals surface area contributed by atoms with E-state index in [0.717, 1.165) is 0 Å². The molecular weight excluding hydrogens is 242 g/mol. The summed E-state index contributed by atoms with van der Waals surface area (Å²) in [5.41, 5.74) is 0.481. The third-order valence-electron chi connectivity index (χ3n) is 2.61. The van der Waals surface area contributed by atoms with Crippen molar-refractivity contribution in [3.8, 4) is 0 Å². The summed E-state index contributed by atoms with van der Waals surface area (Å²) in [4.78, 5) is 0. The van der Waals surface area contributed by atoms with Gasteiger partial charge in [0.25, 0.3) is 0 Å². The van der Waals surface area contributed by atoms with Crippen LogP contribution in [0.1, 0.15) is 39.0 Å². The first-order valence-corrected chi connectivity index (χ1v) is 7.38. The van der Waals surface area contributed by atoms with Gasteiger partial charge in [0.15, 0.2) is 9.84 Å². The molecule has 1 aromatic heterocycles. The summed E-state index contributed by atoms with van der Waals surface area (Å²) < 4.78 is 24.6. The number of aliphatic hydroxyl groups excluding tert-OH is 1. The van der Waals surface area contributed by atoms with Gasteiger partial charge in [-0.2, -0.15) is 0 Å². The van der Waals surface area contributed by atoms with Gasteiger partial charge in [-0.1, -0.05) is 12.1 Å². The molecule has 0 aliphatic heterocycles. The minimum atomic E-state index is -3.06. The quantitative estimate of drug-likeness (QED) is 0.808. The number of nitrogens with zero attached hydrogens (tertiary/aromatic N) is 3. The van der Waals surface area contributed by atoms with Crippen molar-refractivity contribution >= 4 is 9.84 Å². The van der Waals surface area contributed by atoms with E-state index in [1.807, 2.05) is 6.92 Å². The summed E-state index contributed by atoms with van der Waals surface area (Å²) in [6.45, 7) is 5.42. The molecule has 0 saturated carbocycles. The molecule has 7 heteroatoms. The number of aryl methyl sites for hydroxylation is 1. The molecule has 0 radical (unpaired) electrons. The topological polar surface area (TPSA) is 85.1 Å². The molecule has 0 aliphatic rings. The first-order chi connectivity index (χ1) is 7.86. The van der Waals surface area contributed by atoms with Gasteiger partial charge < -0.3 is 5.11 Å². The van der Waals surface area contributed by atoms with Crippen LogP contribution in [-0.4, -0.2) is 39.5 Å². The molecule has 0 aromatic carbocycles. The van der Waals surface area contributed by atoms with Gasteiger partial charge in [-0.3, -0.25) is 4.68 Å². The summed E-state index contributed by atoms with van der Waals surface area (Å²) >= 11 is 0. The van der Waals surface area contributed by atoms with Crippen LogP contribution < -0.4 is 0 Å². The molecule has 0 amide bonds. The predicted molar refractivity (Wildman–Crippen MR) is 64.2 cm³/mol. The maximum absolute atomic E-state index is 11.6. The molecule has 6 nitrogen and oxygen atoms in total. The minimum absolute atomic E-state index is 0.0374. The Bertz CT molecular complexity index is 453. The van der Waals surface area contributed by atoms with Gasteiger partial charge in [-0.15, -0.1) is 5.10 Å². The monoisotopic (exact) mass is 261 g/mol. The molecule has 98 valence electrons. The van der Waals surface area contributed by atoms with Gasteiger partial charge in [0, 0.05) is 0 Å². The maximum atomic E-state index is 11.6. The second-order valence-electron chi connectivity index (χ2n) is 4.25. The molecule has 1 atom stereocenters. The average molecular weight is 261 g/mol. The molecule has 0 bridgehead atoms. The average Bonchev–Trinajstić information content (AvgIpc) is 2.74. The molecule has 0 fully saturated rings. The van der Waals surface area contributed by atoms with Crippen molar-refractivity contribution in [2.75, 3.05) is 5.75 Å². The van der Waals surface area contributed by atoms with Crippen LogP contribution >= 0.6 is 0 Å². The van der Waals surface area contributed by atoms with E-state index < -0.39 is 15.9 Å². The Balaban J connectivity index is 2.62. The molecule has 1 heterocycles. The molecule has 1 unspecified atom stereocenters. The zero-order valence-electron chi connectivity index (χ0n) is 10.4. The number of aromatic nitrogens is 3. The summed E-state index contributed by atoms with van der Waals surface area (Å²) in [5.74, 6) is 0.0374. The lowest BCUT2D eigenvalue weighted by molar-refractivity contribution is 0.168. The Hall–Kier alpha value is -0.950. The SMILES string of the molecule is CCC(O)c1cn(CCS(=O)(=O)C(C)C)nn1. The van der Waals surface area contributed by atoms with E-state index in [2.05, 4.69) is 10.3 Å². The molecule has 0 aliphatic carbocycles. The van der Waals surface area contributed by atoms with Crippen molar-refractivity contribution in [1.82, 2.24) is 15.0 Å². The van der Waals surface area contributed by atoms with Gasteiger partial charge in [-0.25, -0.2) is 8.42 Å².